The molecule has 0 bridgehead atoms. The molecule has 0 unspecified atom stereocenters. The van der Waals surface area contributed by atoms with E-state index in [4.69, 9.17) is 4.74 Å². The van der Waals surface area contributed by atoms with Crippen molar-refractivity contribution in [2.75, 3.05) is 0 Å². The molecule has 3 aromatic carbocycles. The highest BCUT2D eigenvalue weighted by Crippen LogP contribution is 2.36. The molecule has 3 aromatic rings. The molecule has 0 aromatic heterocycles. The Morgan fingerprint density at radius 1 is 0.833 bits per heavy atom. The predicted molar refractivity (Wildman–Crippen MR) is 127 cm³/mol. The summed E-state index contributed by atoms with van der Waals surface area (Å²) >= 11 is 0. The Balaban J connectivity index is 1.37. The summed E-state index contributed by atoms with van der Waals surface area (Å²) in [5.41, 5.74) is 5.48. The first-order valence-electron chi connectivity index (χ1n) is 11.1. The summed E-state index contributed by atoms with van der Waals surface area (Å²) in [4.78, 5) is 12.6. The second kappa shape index (κ2) is 9.44. The average molecular weight is 415 g/mol. The van der Waals surface area contributed by atoms with Gasteiger partial charge in [-0.1, -0.05) is 73.0 Å². The van der Waals surface area contributed by atoms with Crippen LogP contribution in [0.5, 0.6) is 5.75 Å². The molecule has 0 saturated heterocycles. The van der Waals surface area contributed by atoms with Gasteiger partial charge in [0.1, 0.15) is 5.75 Å². The molecule has 154 valence electrons. The minimum atomic E-state index is -0.302. The van der Waals surface area contributed by atoms with Crippen LogP contribution in [0.1, 0.15) is 53.1 Å². The van der Waals surface area contributed by atoms with Gasteiger partial charge in [0.05, 0.1) is 5.56 Å². The molecular formula is C27H30O2Si. The van der Waals surface area contributed by atoms with E-state index in [1.807, 2.05) is 36.4 Å². The van der Waals surface area contributed by atoms with E-state index in [-0.39, 0.29) is 5.97 Å². The van der Waals surface area contributed by atoms with E-state index < -0.39 is 0 Å². The summed E-state index contributed by atoms with van der Waals surface area (Å²) in [6.45, 7) is 2.08. The fraction of sp³-hybridized carbons (Fsp3) is 0.296. The number of hydrogen-bond donors (Lipinski definition) is 0. The van der Waals surface area contributed by atoms with Crippen LogP contribution in [0.4, 0.5) is 0 Å². The second-order valence-corrected chi connectivity index (χ2v) is 9.34. The van der Waals surface area contributed by atoms with Gasteiger partial charge in [-0.3, -0.25) is 0 Å². The van der Waals surface area contributed by atoms with Gasteiger partial charge in [0.25, 0.3) is 0 Å². The minimum absolute atomic E-state index is 0.302. The van der Waals surface area contributed by atoms with Crippen molar-refractivity contribution >= 4 is 16.2 Å². The third-order valence-corrected chi connectivity index (χ3v) is 7.65. The summed E-state index contributed by atoms with van der Waals surface area (Å²) in [7, 11) is 1.32. The van der Waals surface area contributed by atoms with Crippen LogP contribution in [-0.2, 0) is 0 Å². The zero-order chi connectivity index (χ0) is 20.9. The predicted octanol–water partition coefficient (Wildman–Crippen LogP) is 5.94. The number of carbonyl (C=O) groups is 1. The molecule has 0 atom stereocenters. The molecular weight excluding hydrogens is 384 g/mol. The topological polar surface area (TPSA) is 26.3 Å². The number of rotatable bonds is 5. The Kier molecular flexibility index (Phi) is 6.49. The molecule has 0 heterocycles. The lowest BCUT2D eigenvalue weighted by Crippen LogP contribution is -2.13. The Morgan fingerprint density at radius 2 is 1.40 bits per heavy atom. The molecule has 0 N–H and O–H groups in total. The number of benzene rings is 3. The van der Waals surface area contributed by atoms with Gasteiger partial charge in [0.15, 0.2) is 0 Å². The molecule has 0 amide bonds. The van der Waals surface area contributed by atoms with Gasteiger partial charge in [-0.25, -0.2) is 4.79 Å². The lowest BCUT2D eigenvalue weighted by Gasteiger charge is -2.28. The van der Waals surface area contributed by atoms with Crippen LogP contribution in [0, 0.1) is 12.8 Å². The Bertz CT molecular complexity index is 967. The largest absolute Gasteiger partial charge is 0.423 e. The van der Waals surface area contributed by atoms with Crippen molar-refractivity contribution in [2.45, 2.75) is 44.6 Å². The van der Waals surface area contributed by atoms with Crippen molar-refractivity contribution in [2.24, 2.45) is 5.92 Å². The van der Waals surface area contributed by atoms with E-state index in [9.17, 15) is 4.79 Å². The van der Waals surface area contributed by atoms with Crippen molar-refractivity contribution in [1.29, 1.82) is 0 Å². The smallest absolute Gasteiger partial charge is 0.343 e. The van der Waals surface area contributed by atoms with E-state index in [1.165, 1.54) is 53.1 Å². The van der Waals surface area contributed by atoms with Crippen LogP contribution >= 0.6 is 0 Å². The summed E-state index contributed by atoms with van der Waals surface area (Å²) in [5.74, 6) is 1.87. The zero-order valence-electron chi connectivity index (χ0n) is 17.9. The van der Waals surface area contributed by atoms with Crippen LogP contribution < -0.4 is 4.74 Å². The normalized spacial score (nSPS) is 18.8. The molecule has 0 radical (unpaired) electrons. The van der Waals surface area contributed by atoms with Gasteiger partial charge < -0.3 is 4.74 Å². The maximum atomic E-state index is 12.6. The fourth-order valence-electron chi connectivity index (χ4n) is 4.42. The van der Waals surface area contributed by atoms with E-state index in [2.05, 4.69) is 43.3 Å². The quantitative estimate of drug-likeness (QED) is 0.293. The molecule has 1 saturated carbocycles. The molecule has 2 nitrogen and oxygen atoms in total. The third kappa shape index (κ3) is 4.90. The number of carbonyl (C=O) groups excluding carboxylic acids is 1. The Labute approximate surface area is 182 Å². The van der Waals surface area contributed by atoms with Gasteiger partial charge in [-0.15, -0.1) is 0 Å². The first-order chi connectivity index (χ1) is 14.6. The summed E-state index contributed by atoms with van der Waals surface area (Å²) in [6.07, 6.45) is 5.28. The number of esters is 1. The first kappa shape index (κ1) is 20.6. The SMILES string of the molecule is Cc1ccc(-c2ccc(OC(=O)c3ccc(C4CCC(C[SiH3])CC4)cc3)cc2)cc1. The van der Waals surface area contributed by atoms with Crippen LogP contribution in [0.2, 0.25) is 6.04 Å². The highest BCUT2D eigenvalue weighted by Gasteiger charge is 2.21. The van der Waals surface area contributed by atoms with Crippen molar-refractivity contribution in [1.82, 2.24) is 0 Å². The van der Waals surface area contributed by atoms with Crippen molar-refractivity contribution in [3.8, 4) is 16.9 Å². The van der Waals surface area contributed by atoms with Gasteiger partial charge in [0, 0.05) is 10.2 Å². The molecule has 4 rings (SSSR count). The summed E-state index contributed by atoms with van der Waals surface area (Å²) in [6, 6.07) is 25.6. The Morgan fingerprint density at radius 3 is 1.97 bits per heavy atom. The standard InChI is InChI=1S/C27H30O2Si/c1-19-2-6-21(7-3-19)24-14-16-26(17-15-24)29-27(28)25-12-10-23(11-13-25)22-8-4-20(18-30)5-9-22/h2-3,6-7,10-17,20,22H,4-5,8-9,18H2,1,30H3. The summed E-state index contributed by atoms with van der Waals surface area (Å²) < 4.78 is 5.59. The van der Waals surface area contributed by atoms with Crippen molar-refractivity contribution in [3.63, 3.8) is 0 Å². The van der Waals surface area contributed by atoms with Gasteiger partial charge in [-0.05, 0) is 72.6 Å². The monoisotopic (exact) mass is 414 g/mol. The van der Waals surface area contributed by atoms with Gasteiger partial charge >= 0.3 is 5.97 Å². The molecule has 3 heteroatoms. The van der Waals surface area contributed by atoms with E-state index >= 15 is 0 Å². The van der Waals surface area contributed by atoms with Crippen LogP contribution in [0.25, 0.3) is 11.1 Å². The van der Waals surface area contributed by atoms with Gasteiger partial charge in [-0.2, -0.15) is 0 Å². The molecule has 1 fully saturated rings. The lowest BCUT2D eigenvalue weighted by atomic mass is 9.79. The van der Waals surface area contributed by atoms with Crippen LogP contribution in [-0.4, -0.2) is 16.2 Å². The molecule has 0 aliphatic heterocycles. The number of ether oxygens (including phenoxy) is 1. The minimum Gasteiger partial charge on any atom is -0.423 e. The Hall–Kier alpha value is -2.65. The molecule has 1 aliphatic rings. The van der Waals surface area contributed by atoms with E-state index in [0.29, 0.717) is 17.2 Å². The molecule has 0 spiro atoms. The number of hydrogen-bond acceptors (Lipinski definition) is 2. The molecule has 30 heavy (non-hydrogen) atoms. The zero-order valence-corrected chi connectivity index (χ0v) is 19.9. The highest BCUT2D eigenvalue weighted by atomic mass is 28.1. The lowest BCUT2D eigenvalue weighted by molar-refractivity contribution is 0.0734. The van der Waals surface area contributed by atoms with Crippen molar-refractivity contribution < 1.29 is 9.53 Å². The fourth-order valence-corrected chi connectivity index (χ4v) is 5.24. The maximum absolute atomic E-state index is 12.6. The first-order valence-corrected chi connectivity index (χ1v) is 12.5. The summed E-state index contributed by atoms with van der Waals surface area (Å²) in [5, 5.41) is 0. The number of aryl methyl sites for hydroxylation is 1. The van der Waals surface area contributed by atoms with Crippen LogP contribution in [0.3, 0.4) is 0 Å². The highest BCUT2D eigenvalue weighted by molar-refractivity contribution is 6.08. The third-order valence-electron chi connectivity index (χ3n) is 6.49. The average Bonchev–Trinajstić information content (AvgIpc) is 2.80. The van der Waals surface area contributed by atoms with Crippen molar-refractivity contribution in [3.05, 3.63) is 89.5 Å². The second-order valence-electron chi connectivity index (χ2n) is 8.53. The molecule has 1 aliphatic carbocycles. The van der Waals surface area contributed by atoms with Gasteiger partial charge in [0.2, 0.25) is 0 Å². The van der Waals surface area contributed by atoms with Crippen LogP contribution in [0.15, 0.2) is 72.8 Å². The van der Waals surface area contributed by atoms with E-state index in [0.717, 1.165) is 17.0 Å². The maximum Gasteiger partial charge on any atom is 0.343 e. The van der Waals surface area contributed by atoms with E-state index in [1.54, 1.807) is 0 Å².